The summed E-state index contributed by atoms with van der Waals surface area (Å²) in [6.45, 7) is 4.11. The fraction of sp³-hybridized carbons (Fsp3) is 0.211. The molecule has 0 aliphatic carbocycles. The molecule has 29 heavy (non-hydrogen) atoms. The average Bonchev–Trinajstić information content (AvgIpc) is 3.10. The quantitative estimate of drug-likeness (QED) is 0.526. The van der Waals surface area contributed by atoms with Gasteiger partial charge in [0.2, 0.25) is 11.0 Å². The first-order valence-corrected chi connectivity index (χ1v) is 12.3. The van der Waals surface area contributed by atoms with Gasteiger partial charge in [0.15, 0.2) is 14.2 Å². The lowest BCUT2D eigenvalue weighted by Crippen LogP contribution is -2.14. The lowest BCUT2D eigenvalue weighted by atomic mass is 10.1. The van der Waals surface area contributed by atoms with Crippen molar-refractivity contribution in [2.45, 2.75) is 23.1 Å². The minimum absolute atomic E-state index is 0.173. The molecule has 3 aromatic rings. The topological polar surface area (TPSA) is 101 Å². The normalized spacial score (nSPS) is 11.3. The minimum Gasteiger partial charge on any atom is -0.330 e. The molecule has 0 fully saturated rings. The highest BCUT2D eigenvalue weighted by Crippen LogP contribution is 2.28. The standard InChI is InChI=1S/C19H20N4O3S3/c1-12-4-5-15(10-13(12)2)21-18-22-23-19(28-18)27-11-17(24)20-14-6-8-16(9-7-14)29(3,25)26/h4-10H,11H2,1-3H3,(H,20,24)(H,21,22). The summed E-state index contributed by atoms with van der Waals surface area (Å²) in [6.07, 6.45) is 1.14. The molecule has 0 saturated heterocycles. The molecule has 7 nitrogen and oxygen atoms in total. The van der Waals surface area contributed by atoms with Gasteiger partial charge in [0.25, 0.3) is 0 Å². The number of carbonyl (C=O) groups is 1. The Morgan fingerprint density at radius 1 is 1.03 bits per heavy atom. The molecule has 1 heterocycles. The lowest BCUT2D eigenvalue weighted by Gasteiger charge is -2.05. The molecule has 0 radical (unpaired) electrons. The average molecular weight is 449 g/mol. The molecule has 152 valence electrons. The van der Waals surface area contributed by atoms with E-state index in [1.54, 1.807) is 12.1 Å². The Bertz CT molecular complexity index is 1130. The zero-order chi connectivity index (χ0) is 21.0. The summed E-state index contributed by atoms with van der Waals surface area (Å²) < 4.78 is 23.6. The van der Waals surface area contributed by atoms with Crippen LogP contribution in [-0.4, -0.2) is 36.5 Å². The summed E-state index contributed by atoms with van der Waals surface area (Å²) in [6, 6.07) is 12.1. The van der Waals surface area contributed by atoms with Crippen molar-refractivity contribution in [3.8, 4) is 0 Å². The van der Waals surface area contributed by atoms with E-state index in [9.17, 15) is 13.2 Å². The lowest BCUT2D eigenvalue weighted by molar-refractivity contribution is -0.113. The number of thioether (sulfide) groups is 1. The van der Waals surface area contributed by atoms with Crippen LogP contribution in [0.1, 0.15) is 11.1 Å². The van der Waals surface area contributed by atoms with Crippen LogP contribution >= 0.6 is 23.1 Å². The van der Waals surface area contributed by atoms with Crippen LogP contribution in [0, 0.1) is 13.8 Å². The number of aromatic nitrogens is 2. The maximum atomic E-state index is 12.1. The van der Waals surface area contributed by atoms with Crippen molar-refractivity contribution in [3.05, 3.63) is 53.6 Å². The number of nitrogens with zero attached hydrogens (tertiary/aromatic N) is 2. The minimum atomic E-state index is -3.26. The third-order valence-corrected chi connectivity index (χ3v) is 7.16. The maximum Gasteiger partial charge on any atom is 0.234 e. The Kier molecular flexibility index (Phi) is 6.56. The number of benzene rings is 2. The van der Waals surface area contributed by atoms with Gasteiger partial charge in [-0.3, -0.25) is 4.79 Å². The zero-order valence-corrected chi connectivity index (χ0v) is 18.5. The first kappa shape index (κ1) is 21.3. The van der Waals surface area contributed by atoms with Crippen molar-refractivity contribution in [3.63, 3.8) is 0 Å². The Morgan fingerprint density at radius 3 is 2.38 bits per heavy atom. The molecule has 0 bridgehead atoms. The third kappa shape index (κ3) is 6.02. The molecule has 0 saturated carbocycles. The molecule has 1 aromatic heterocycles. The second-order valence-electron chi connectivity index (χ2n) is 6.43. The van der Waals surface area contributed by atoms with Crippen LogP contribution in [0.4, 0.5) is 16.5 Å². The van der Waals surface area contributed by atoms with Gasteiger partial charge >= 0.3 is 0 Å². The van der Waals surface area contributed by atoms with Crippen LogP contribution in [0.3, 0.4) is 0 Å². The van der Waals surface area contributed by atoms with Crippen molar-refractivity contribution in [1.29, 1.82) is 0 Å². The highest BCUT2D eigenvalue weighted by atomic mass is 32.2. The van der Waals surface area contributed by atoms with Gasteiger partial charge < -0.3 is 10.6 Å². The second-order valence-corrected chi connectivity index (χ2v) is 10.6. The second kappa shape index (κ2) is 8.93. The molecular weight excluding hydrogens is 428 g/mol. The van der Waals surface area contributed by atoms with Gasteiger partial charge in [0.1, 0.15) is 0 Å². The maximum absolute atomic E-state index is 12.1. The van der Waals surface area contributed by atoms with E-state index in [-0.39, 0.29) is 16.6 Å². The highest BCUT2D eigenvalue weighted by molar-refractivity contribution is 8.01. The van der Waals surface area contributed by atoms with Gasteiger partial charge in [0, 0.05) is 17.6 Å². The van der Waals surface area contributed by atoms with Crippen LogP contribution < -0.4 is 10.6 Å². The molecule has 10 heteroatoms. The fourth-order valence-electron chi connectivity index (χ4n) is 2.37. The van der Waals surface area contributed by atoms with Crippen molar-refractivity contribution in [2.24, 2.45) is 0 Å². The van der Waals surface area contributed by atoms with Crippen LogP contribution in [0.5, 0.6) is 0 Å². The molecule has 3 rings (SSSR count). The van der Waals surface area contributed by atoms with E-state index < -0.39 is 9.84 Å². The number of hydrogen-bond donors (Lipinski definition) is 2. The monoisotopic (exact) mass is 448 g/mol. The van der Waals surface area contributed by atoms with Crippen LogP contribution in [-0.2, 0) is 14.6 Å². The summed E-state index contributed by atoms with van der Waals surface area (Å²) in [5.74, 6) is -0.0347. The predicted octanol–water partition coefficient (Wildman–Crippen LogP) is 4.03. The van der Waals surface area contributed by atoms with Gasteiger partial charge in [-0.15, -0.1) is 10.2 Å². The van der Waals surface area contributed by atoms with Crippen molar-refractivity contribution < 1.29 is 13.2 Å². The number of amides is 1. The fourth-order valence-corrected chi connectivity index (χ4v) is 4.57. The summed E-state index contributed by atoms with van der Waals surface area (Å²) in [5.41, 5.74) is 3.89. The summed E-state index contributed by atoms with van der Waals surface area (Å²) in [5, 5.41) is 14.8. The largest absolute Gasteiger partial charge is 0.330 e. The number of carbonyl (C=O) groups excluding carboxylic acids is 1. The number of aryl methyl sites for hydroxylation is 2. The van der Waals surface area contributed by atoms with Crippen LogP contribution in [0.25, 0.3) is 0 Å². The SMILES string of the molecule is Cc1ccc(Nc2nnc(SCC(=O)Nc3ccc(S(C)(=O)=O)cc3)s2)cc1C. The van der Waals surface area contributed by atoms with Crippen LogP contribution in [0.2, 0.25) is 0 Å². The summed E-state index contributed by atoms with van der Waals surface area (Å²) in [4.78, 5) is 12.3. The first-order valence-electron chi connectivity index (χ1n) is 8.61. The van der Waals surface area contributed by atoms with Gasteiger partial charge in [0.05, 0.1) is 10.6 Å². The van der Waals surface area contributed by atoms with E-state index in [0.29, 0.717) is 15.2 Å². The number of hydrogen-bond acceptors (Lipinski definition) is 8. The number of rotatable bonds is 7. The molecule has 2 N–H and O–H groups in total. The number of sulfone groups is 1. The van der Waals surface area contributed by atoms with E-state index in [4.69, 9.17) is 0 Å². The van der Waals surface area contributed by atoms with Gasteiger partial charge in [-0.25, -0.2) is 8.42 Å². The van der Waals surface area contributed by atoms with E-state index in [1.807, 2.05) is 18.2 Å². The van der Waals surface area contributed by atoms with E-state index in [0.717, 1.165) is 11.9 Å². The Labute approximate surface area is 177 Å². The predicted molar refractivity (Wildman–Crippen MR) is 118 cm³/mol. The molecule has 1 amide bonds. The Hall–Kier alpha value is -2.43. The van der Waals surface area contributed by atoms with E-state index in [2.05, 4.69) is 34.7 Å². The van der Waals surface area contributed by atoms with Crippen molar-refractivity contribution in [1.82, 2.24) is 10.2 Å². The molecular formula is C19H20N4O3S3. The number of anilines is 3. The van der Waals surface area contributed by atoms with E-state index in [1.165, 1.54) is 46.4 Å². The Balaban J connectivity index is 1.52. The highest BCUT2D eigenvalue weighted by Gasteiger charge is 2.10. The first-order chi connectivity index (χ1) is 13.7. The zero-order valence-electron chi connectivity index (χ0n) is 16.1. The summed E-state index contributed by atoms with van der Waals surface area (Å²) >= 11 is 2.66. The third-order valence-electron chi connectivity index (χ3n) is 4.06. The smallest absolute Gasteiger partial charge is 0.234 e. The van der Waals surface area contributed by atoms with Gasteiger partial charge in [-0.1, -0.05) is 29.2 Å². The van der Waals surface area contributed by atoms with Gasteiger partial charge in [-0.2, -0.15) is 0 Å². The molecule has 0 atom stereocenters. The van der Waals surface area contributed by atoms with Gasteiger partial charge in [-0.05, 0) is 61.4 Å². The molecule has 2 aromatic carbocycles. The summed E-state index contributed by atoms with van der Waals surface area (Å²) in [7, 11) is -3.26. The van der Waals surface area contributed by atoms with E-state index >= 15 is 0 Å². The van der Waals surface area contributed by atoms with Crippen molar-refractivity contribution in [2.75, 3.05) is 22.6 Å². The molecule has 0 spiro atoms. The van der Waals surface area contributed by atoms with Crippen molar-refractivity contribution >= 4 is 55.3 Å². The molecule has 0 aliphatic heterocycles. The van der Waals surface area contributed by atoms with Crippen LogP contribution in [0.15, 0.2) is 51.7 Å². The number of nitrogens with one attached hydrogen (secondary N) is 2. The Morgan fingerprint density at radius 2 is 1.72 bits per heavy atom. The molecule has 0 unspecified atom stereocenters. The molecule has 0 aliphatic rings.